The van der Waals surface area contributed by atoms with Crippen molar-refractivity contribution in [3.05, 3.63) is 34.1 Å². The second kappa shape index (κ2) is 5.74. The van der Waals surface area contributed by atoms with Crippen molar-refractivity contribution in [2.45, 2.75) is 38.7 Å². The first kappa shape index (κ1) is 14.3. The lowest BCUT2D eigenvalue weighted by Crippen LogP contribution is -2.38. The first-order chi connectivity index (χ1) is 7.94. The van der Waals surface area contributed by atoms with Crippen molar-refractivity contribution < 1.29 is 14.3 Å². The van der Waals surface area contributed by atoms with Crippen LogP contribution < -0.4 is 0 Å². The molecule has 1 N–H and O–H groups in total. The van der Waals surface area contributed by atoms with E-state index in [4.69, 9.17) is 0 Å². The number of hydrogen-bond donors (Lipinski definition) is 1. The first-order valence-corrected chi connectivity index (χ1v) is 6.42. The third-order valence-electron chi connectivity index (χ3n) is 3.07. The minimum Gasteiger partial charge on any atom is -0.382 e. The van der Waals surface area contributed by atoms with E-state index in [1.165, 1.54) is 6.07 Å². The van der Waals surface area contributed by atoms with Gasteiger partial charge in [0.15, 0.2) is 5.78 Å². The van der Waals surface area contributed by atoms with Crippen LogP contribution in [0.15, 0.2) is 22.7 Å². The van der Waals surface area contributed by atoms with Crippen molar-refractivity contribution in [3.63, 3.8) is 0 Å². The zero-order chi connectivity index (χ0) is 13.1. The predicted octanol–water partition coefficient (Wildman–Crippen LogP) is 3.25. The van der Waals surface area contributed by atoms with Gasteiger partial charge in [-0.25, -0.2) is 4.39 Å². The lowest BCUT2D eigenvalue weighted by atomic mass is 9.88. The fraction of sp³-hybridized carbons (Fsp3) is 0.462. The second-order valence-corrected chi connectivity index (χ2v) is 4.84. The van der Waals surface area contributed by atoms with E-state index in [0.717, 1.165) is 0 Å². The Morgan fingerprint density at radius 3 is 2.53 bits per heavy atom. The summed E-state index contributed by atoms with van der Waals surface area (Å²) >= 11 is 3.11. The van der Waals surface area contributed by atoms with Crippen molar-refractivity contribution in [2.24, 2.45) is 0 Å². The highest BCUT2D eigenvalue weighted by Crippen LogP contribution is 2.24. The topological polar surface area (TPSA) is 37.3 Å². The molecular formula is C13H16BrFO2. The third kappa shape index (κ3) is 3.13. The molecule has 0 aliphatic heterocycles. The summed E-state index contributed by atoms with van der Waals surface area (Å²) in [7, 11) is 0. The highest BCUT2D eigenvalue weighted by Gasteiger charge is 2.31. The number of Topliss-reactive ketones (excluding diaryl/α,β-unsaturated/α-hetero) is 1. The van der Waals surface area contributed by atoms with Gasteiger partial charge in [0.1, 0.15) is 11.4 Å². The summed E-state index contributed by atoms with van der Waals surface area (Å²) in [4.78, 5) is 12.0. The number of carbonyl (C=O) groups excluding carboxylic acids is 1. The smallest absolute Gasteiger partial charge is 0.168 e. The molecular weight excluding hydrogens is 287 g/mol. The zero-order valence-corrected chi connectivity index (χ0v) is 11.6. The minimum absolute atomic E-state index is 0.0382. The Kier molecular flexibility index (Phi) is 4.83. The Balaban J connectivity index is 2.92. The third-order valence-corrected chi connectivity index (χ3v) is 3.96. The molecule has 0 fully saturated rings. The molecule has 0 aliphatic rings. The Hall–Kier alpha value is -0.740. The standard InChI is InChI=1S/C13H16BrFO2/c1-3-13(17,4-2)11(16)8-9-6-5-7-10(15)12(9)14/h5-7,17H,3-4,8H2,1-2H3. The van der Waals surface area contributed by atoms with Gasteiger partial charge >= 0.3 is 0 Å². The minimum atomic E-state index is -1.30. The molecule has 0 amide bonds. The maximum Gasteiger partial charge on any atom is 0.168 e. The van der Waals surface area contributed by atoms with Crippen LogP contribution in [-0.4, -0.2) is 16.5 Å². The molecule has 1 aromatic rings. The summed E-state index contributed by atoms with van der Waals surface area (Å²) in [5.74, 6) is -0.666. The SMILES string of the molecule is CCC(O)(CC)C(=O)Cc1cccc(F)c1Br. The summed E-state index contributed by atoms with van der Waals surface area (Å²) in [6.45, 7) is 3.53. The van der Waals surface area contributed by atoms with Crippen LogP contribution in [0.3, 0.4) is 0 Å². The van der Waals surface area contributed by atoms with Gasteiger partial charge in [0, 0.05) is 6.42 Å². The van der Waals surface area contributed by atoms with Gasteiger partial charge in [-0.1, -0.05) is 26.0 Å². The summed E-state index contributed by atoms with van der Waals surface area (Å²) in [5.41, 5.74) is -0.735. The van der Waals surface area contributed by atoms with Gasteiger partial charge in [-0.2, -0.15) is 0 Å². The number of benzene rings is 1. The predicted molar refractivity (Wildman–Crippen MR) is 68.3 cm³/mol. The van der Waals surface area contributed by atoms with E-state index in [2.05, 4.69) is 15.9 Å². The van der Waals surface area contributed by atoms with Crippen molar-refractivity contribution in [1.29, 1.82) is 0 Å². The lowest BCUT2D eigenvalue weighted by molar-refractivity contribution is -0.137. The van der Waals surface area contributed by atoms with Gasteiger partial charge < -0.3 is 5.11 Å². The molecule has 1 rings (SSSR count). The van der Waals surface area contributed by atoms with Gasteiger partial charge in [-0.05, 0) is 40.4 Å². The van der Waals surface area contributed by atoms with E-state index in [9.17, 15) is 14.3 Å². The number of ketones is 1. The van der Waals surface area contributed by atoms with Crippen molar-refractivity contribution in [2.75, 3.05) is 0 Å². The molecule has 0 aliphatic carbocycles. The molecule has 0 spiro atoms. The van der Waals surface area contributed by atoms with Crippen molar-refractivity contribution >= 4 is 21.7 Å². The fourth-order valence-corrected chi connectivity index (χ4v) is 2.07. The maximum atomic E-state index is 13.3. The molecule has 4 heteroatoms. The number of hydrogen-bond acceptors (Lipinski definition) is 2. The molecule has 0 saturated carbocycles. The van der Waals surface area contributed by atoms with E-state index in [1.54, 1.807) is 26.0 Å². The van der Waals surface area contributed by atoms with Crippen LogP contribution in [0.2, 0.25) is 0 Å². The monoisotopic (exact) mass is 302 g/mol. The molecule has 0 radical (unpaired) electrons. The number of halogens is 2. The number of rotatable bonds is 5. The largest absolute Gasteiger partial charge is 0.382 e. The van der Waals surface area contributed by atoms with Crippen LogP contribution in [0.4, 0.5) is 4.39 Å². The number of carbonyl (C=O) groups is 1. The Labute approximate surface area is 109 Å². The quantitative estimate of drug-likeness (QED) is 0.906. The molecule has 0 heterocycles. The van der Waals surface area contributed by atoms with Crippen LogP contribution in [0.1, 0.15) is 32.3 Å². The van der Waals surface area contributed by atoms with Crippen LogP contribution in [0.25, 0.3) is 0 Å². The van der Waals surface area contributed by atoms with E-state index < -0.39 is 11.4 Å². The van der Waals surface area contributed by atoms with Gasteiger partial charge in [-0.15, -0.1) is 0 Å². The zero-order valence-electron chi connectivity index (χ0n) is 9.96. The Morgan fingerprint density at radius 1 is 1.41 bits per heavy atom. The normalized spacial score (nSPS) is 11.6. The molecule has 1 aromatic carbocycles. The fourth-order valence-electron chi connectivity index (χ4n) is 1.67. The first-order valence-electron chi connectivity index (χ1n) is 5.63. The van der Waals surface area contributed by atoms with Gasteiger partial charge in [0.05, 0.1) is 4.47 Å². The molecule has 0 aromatic heterocycles. The van der Waals surface area contributed by atoms with Gasteiger partial charge in [0.2, 0.25) is 0 Å². The van der Waals surface area contributed by atoms with Crippen LogP contribution >= 0.6 is 15.9 Å². The Morgan fingerprint density at radius 2 is 2.00 bits per heavy atom. The van der Waals surface area contributed by atoms with E-state index >= 15 is 0 Å². The molecule has 2 nitrogen and oxygen atoms in total. The highest BCUT2D eigenvalue weighted by molar-refractivity contribution is 9.10. The molecule has 0 atom stereocenters. The average Bonchev–Trinajstić information content (AvgIpc) is 2.33. The molecule has 17 heavy (non-hydrogen) atoms. The van der Waals surface area contributed by atoms with E-state index in [1.807, 2.05) is 0 Å². The molecule has 0 bridgehead atoms. The summed E-state index contributed by atoms with van der Waals surface area (Å²) in [6, 6.07) is 4.56. The summed E-state index contributed by atoms with van der Waals surface area (Å²) in [6.07, 6.45) is 0.779. The molecule has 0 saturated heterocycles. The van der Waals surface area contributed by atoms with Crippen LogP contribution in [0, 0.1) is 5.82 Å². The molecule has 94 valence electrons. The van der Waals surface area contributed by atoms with Gasteiger partial charge in [0.25, 0.3) is 0 Å². The average molecular weight is 303 g/mol. The molecule has 0 unspecified atom stereocenters. The Bertz CT molecular complexity index is 414. The summed E-state index contributed by atoms with van der Waals surface area (Å²) in [5, 5.41) is 10.1. The highest BCUT2D eigenvalue weighted by atomic mass is 79.9. The van der Waals surface area contributed by atoms with Gasteiger partial charge in [-0.3, -0.25) is 4.79 Å². The van der Waals surface area contributed by atoms with E-state index in [-0.39, 0.29) is 12.2 Å². The number of aliphatic hydroxyl groups is 1. The van der Waals surface area contributed by atoms with Crippen molar-refractivity contribution in [3.8, 4) is 0 Å². The second-order valence-electron chi connectivity index (χ2n) is 4.05. The summed E-state index contributed by atoms with van der Waals surface area (Å²) < 4.78 is 13.6. The lowest BCUT2D eigenvalue weighted by Gasteiger charge is -2.23. The van der Waals surface area contributed by atoms with Crippen LogP contribution in [-0.2, 0) is 11.2 Å². The van der Waals surface area contributed by atoms with Crippen molar-refractivity contribution in [1.82, 2.24) is 0 Å². The van der Waals surface area contributed by atoms with E-state index in [0.29, 0.717) is 22.9 Å². The van der Waals surface area contributed by atoms with Crippen LogP contribution in [0.5, 0.6) is 0 Å². The maximum absolute atomic E-state index is 13.3.